The van der Waals surface area contributed by atoms with Crippen LogP contribution in [0.4, 0.5) is 9.59 Å². The predicted octanol–water partition coefficient (Wildman–Crippen LogP) is 6.60. The number of amides is 2. The Morgan fingerprint density at radius 2 is 0.729 bits per heavy atom. The predicted molar refractivity (Wildman–Crippen MR) is 186 cm³/mol. The van der Waals surface area contributed by atoms with Crippen molar-refractivity contribution in [2.45, 2.75) is 129 Å². The third-order valence-corrected chi connectivity index (χ3v) is 6.47. The van der Waals surface area contributed by atoms with Gasteiger partial charge in [0.2, 0.25) is 0 Å². The van der Waals surface area contributed by atoms with Crippen molar-refractivity contribution in [3.63, 3.8) is 0 Å². The van der Waals surface area contributed by atoms with E-state index in [-0.39, 0.29) is 26.3 Å². The fraction of sp³-hybridized carbons (Fsp3) is 0.684. The zero-order valence-corrected chi connectivity index (χ0v) is 29.2. The van der Waals surface area contributed by atoms with Crippen LogP contribution in [0, 0.1) is 47.4 Å². The molecule has 10 nitrogen and oxygen atoms in total. The summed E-state index contributed by atoms with van der Waals surface area (Å²) in [6, 6.07) is 0. The highest BCUT2D eigenvalue weighted by Crippen LogP contribution is 2.08. The van der Waals surface area contributed by atoms with Crippen LogP contribution in [0.1, 0.15) is 129 Å². The number of carbonyl (C=O) groups is 4. The third kappa shape index (κ3) is 34.6. The van der Waals surface area contributed by atoms with Gasteiger partial charge in [-0.05, 0) is 75.0 Å². The second kappa shape index (κ2) is 35.6. The SMILES string of the molecule is CCCCOC(=O)CNC(=O)OCCCCC#CC#CCCCCCCCCC#CC#CCCCCOC(=O)NCC(=O)OCCCC. The Hall–Kier alpha value is -4.28. The highest BCUT2D eigenvalue weighted by atomic mass is 16.6. The highest BCUT2D eigenvalue weighted by molar-refractivity contribution is 5.78. The number of unbranched alkanes of at least 4 members (excludes halogenated alkanes) is 13. The maximum absolute atomic E-state index is 11.5. The number of alkyl carbamates (subject to hydrolysis) is 2. The Labute approximate surface area is 288 Å². The summed E-state index contributed by atoms with van der Waals surface area (Å²) in [6.07, 6.45) is 15.2. The molecule has 2 N–H and O–H groups in total. The summed E-state index contributed by atoms with van der Waals surface area (Å²) in [4.78, 5) is 45.9. The molecule has 0 rings (SSSR count). The van der Waals surface area contributed by atoms with Crippen LogP contribution >= 0.6 is 0 Å². The van der Waals surface area contributed by atoms with Gasteiger partial charge >= 0.3 is 24.1 Å². The molecule has 0 aromatic carbocycles. The summed E-state index contributed by atoms with van der Waals surface area (Å²) in [5.41, 5.74) is 0. The first-order valence-corrected chi connectivity index (χ1v) is 17.5. The van der Waals surface area contributed by atoms with E-state index in [1.165, 1.54) is 12.8 Å². The van der Waals surface area contributed by atoms with Crippen molar-refractivity contribution in [2.75, 3.05) is 39.5 Å². The van der Waals surface area contributed by atoms with Gasteiger partial charge in [-0.3, -0.25) is 9.59 Å². The lowest BCUT2D eigenvalue weighted by Gasteiger charge is -2.06. The van der Waals surface area contributed by atoms with Gasteiger partial charge < -0.3 is 29.6 Å². The Morgan fingerprint density at radius 1 is 0.417 bits per heavy atom. The van der Waals surface area contributed by atoms with E-state index in [2.05, 4.69) is 58.0 Å². The van der Waals surface area contributed by atoms with Crippen molar-refractivity contribution < 1.29 is 38.1 Å². The molecule has 0 bridgehead atoms. The molecule has 0 atom stereocenters. The number of esters is 2. The van der Waals surface area contributed by atoms with Crippen LogP contribution in [0.5, 0.6) is 0 Å². The van der Waals surface area contributed by atoms with Crippen LogP contribution < -0.4 is 10.6 Å². The van der Waals surface area contributed by atoms with E-state index in [0.29, 0.717) is 38.9 Å². The number of ether oxygens (including phenoxy) is 4. The summed E-state index contributed by atoms with van der Waals surface area (Å²) in [6.45, 7) is 4.93. The summed E-state index contributed by atoms with van der Waals surface area (Å²) in [7, 11) is 0. The third-order valence-electron chi connectivity index (χ3n) is 6.47. The van der Waals surface area contributed by atoms with Crippen molar-refractivity contribution in [3.8, 4) is 47.4 Å². The standard InChI is InChI=1S/C38H56N2O8/c1-3-5-29-45-35(41)33-39-37(43)47-31-27-25-23-21-19-17-15-13-11-9-7-8-10-12-14-16-18-20-22-24-26-28-32-48-38(44)40-34-36(42)46-30-6-4-2/h3-14,23-34H2,1-2H3,(H,39,43)(H,40,44). The molecular formula is C38H56N2O8. The van der Waals surface area contributed by atoms with Crippen LogP contribution in [-0.2, 0) is 28.5 Å². The van der Waals surface area contributed by atoms with E-state index < -0.39 is 24.1 Å². The van der Waals surface area contributed by atoms with Crippen LogP contribution in [-0.4, -0.2) is 63.6 Å². The minimum Gasteiger partial charge on any atom is -0.464 e. The largest absolute Gasteiger partial charge is 0.464 e. The molecule has 0 aliphatic carbocycles. The van der Waals surface area contributed by atoms with Crippen molar-refractivity contribution in [1.82, 2.24) is 10.6 Å². The van der Waals surface area contributed by atoms with Gasteiger partial charge in [0.1, 0.15) is 13.1 Å². The summed E-state index contributed by atoms with van der Waals surface area (Å²) < 4.78 is 20.0. The van der Waals surface area contributed by atoms with Crippen molar-refractivity contribution in [1.29, 1.82) is 0 Å². The van der Waals surface area contributed by atoms with Crippen LogP contribution in [0.25, 0.3) is 0 Å². The second-order valence-electron chi connectivity index (χ2n) is 10.9. The van der Waals surface area contributed by atoms with Gasteiger partial charge in [-0.25, -0.2) is 9.59 Å². The molecule has 0 radical (unpaired) electrons. The number of hydrogen-bond donors (Lipinski definition) is 2. The van der Waals surface area contributed by atoms with E-state index in [1.807, 2.05) is 13.8 Å². The zero-order chi connectivity index (χ0) is 35.2. The lowest BCUT2D eigenvalue weighted by Crippen LogP contribution is -2.31. The molecule has 0 saturated carbocycles. The molecule has 0 saturated heterocycles. The first-order chi connectivity index (χ1) is 23.5. The van der Waals surface area contributed by atoms with E-state index in [4.69, 9.17) is 18.9 Å². The average molecular weight is 669 g/mol. The molecule has 48 heavy (non-hydrogen) atoms. The second-order valence-corrected chi connectivity index (χ2v) is 10.9. The van der Waals surface area contributed by atoms with Crippen molar-refractivity contribution in [3.05, 3.63) is 0 Å². The average Bonchev–Trinajstić information content (AvgIpc) is 3.08. The number of hydrogen-bond acceptors (Lipinski definition) is 8. The molecule has 0 aliphatic rings. The van der Waals surface area contributed by atoms with Gasteiger partial charge in [0.15, 0.2) is 0 Å². The zero-order valence-electron chi connectivity index (χ0n) is 29.2. The summed E-state index contributed by atoms with van der Waals surface area (Å²) in [5.74, 6) is 22.9. The Bertz CT molecular complexity index is 1050. The Kier molecular flexibility index (Phi) is 32.4. The van der Waals surface area contributed by atoms with Crippen molar-refractivity contribution >= 4 is 24.1 Å². The molecule has 0 aliphatic heterocycles. The van der Waals surface area contributed by atoms with E-state index in [1.54, 1.807) is 0 Å². The number of nitrogens with one attached hydrogen (secondary N) is 2. The topological polar surface area (TPSA) is 129 Å². The van der Waals surface area contributed by atoms with Crippen LogP contribution in [0.15, 0.2) is 0 Å². The van der Waals surface area contributed by atoms with E-state index in [9.17, 15) is 19.2 Å². The molecule has 0 heterocycles. The lowest BCUT2D eigenvalue weighted by atomic mass is 10.1. The quantitative estimate of drug-likeness (QED) is 0.0482. The van der Waals surface area contributed by atoms with Crippen LogP contribution in [0.3, 0.4) is 0 Å². The highest BCUT2D eigenvalue weighted by Gasteiger charge is 2.08. The Morgan fingerprint density at radius 3 is 1.08 bits per heavy atom. The smallest absolute Gasteiger partial charge is 0.407 e. The Balaban J connectivity index is 3.53. The van der Waals surface area contributed by atoms with Gasteiger partial charge in [0.05, 0.1) is 26.4 Å². The van der Waals surface area contributed by atoms with E-state index >= 15 is 0 Å². The summed E-state index contributed by atoms with van der Waals surface area (Å²) >= 11 is 0. The number of rotatable bonds is 25. The minimum atomic E-state index is -0.620. The summed E-state index contributed by atoms with van der Waals surface area (Å²) in [5, 5.41) is 4.76. The molecule has 10 heteroatoms. The molecular weight excluding hydrogens is 612 g/mol. The monoisotopic (exact) mass is 668 g/mol. The van der Waals surface area contributed by atoms with Crippen LogP contribution in [0.2, 0.25) is 0 Å². The molecule has 266 valence electrons. The van der Waals surface area contributed by atoms with Gasteiger partial charge in [-0.15, -0.1) is 0 Å². The van der Waals surface area contributed by atoms with Gasteiger partial charge in [-0.1, -0.05) is 76.1 Å². The molecule has 0 spiro atoms. The van der Waals surface area contributed by atoms with Gasteiger partial charge in [-0.2, -0.15) is 0 Å². The molecule has 2 amide bonds. The minimum absolute atomic E-state index is 0.184. The molecule has 0 unspecified atom stereocenters. The molecule has 0 aromatic rings. The van der Waals surface area contributed by atoms with Gasteiger partial charge in [0, 0.05) is 25.7 Å². The lowest BCUT2D eigenvalue weighted by molar-refractivity contribution is -0.143. The maximum Gasteiger partial charge on any atom is 0.407 e. The normalized spacial score (nSPS) is 9.46. The fourth-order valence-corrected chi connectivity index (χ4v) is 3.67. The first-order valence-electron chi connectivity index (χ1n) is 17.5. The number of carbonyl (C=O) groups excluding carboxylic acids is 4. The first kappa shape index (κ1) is 43.7. The van der Waals surface area contributed by atoms with E-state index in [0.717, 1.165) is 77.0 Å². The molecule has 0 fully saturated rings. The molecule has 0 aromatic heterocycles. The van der Waals surface area contributed by atoms with Gasteiger partial charge in [0.25, 0.3) is 0 Å². The van der Waals surface area contributed by atoms with Crippen molar-refractivity contribution in [2.24, 2.45) is 0 Å². The fourth-order valence-electron chi connectivity index (χ4n) is 3.67. The maximum atomic E-state index is 11.5.